The van der Waals surface area contributed by atoms with Gasteiger partial charge in [0, 0.05) is 30.1 Å². The highest BCUT2D eigenvalue weighted by molar-refractivity contribution is 7.13. The van der Waals surface area contributed by atoms with Gasteiger partial charge in [-0.15, -0.1) is 11.3 Å². The highest BCUT2D eigenvalue weighted by atomic mass is 32.1. The van der Waals surface area contributed by atoms with Crippen molar-refractivity contribution in [2.24, 2.45) is 0 Å². The lowest BCUT2D eigenvalue weighted by molar-refractivity contribution is -0.136. The maximum absolute atomic E-state index is 12.8. The van der Waals surface area contributed by atoms with Crippen molar-refractivity contribution in [3.05, 3.63) is 28.6 Å². The molecule has 2 unspecified atom stereocenters. The number of carbonyl (C=O) groups is 2. The van der Waals surface area contributed by atoms with Crippen LogP contribution >= 0.6 is 11.3 Å². The van der Waals surface area contributed by atoms with Crippen molar-refractivity contribution in [3.8, 4) is 0 Å². The fourth-order valence-electron chi connectivity index (χ4n) is 3.49. The molecule has 25 heavy (non-hydrogen) atoms. The molecule has 3 rings (SSSR count). The predicted octanol–water partition coefficient (Wildman–Crippen LogP) is 2.87. The molecule has 2 aromatic rings. The summed E-state index contributed by atoms with van der Waals surface area (Å²) in [5.74, 6) is 0.578. The predicted molar refractivity (Wildman–Crippen MR) is 94.5 cm³/mol. The second-order valence-electron chi connectivity index (χ2n) is 6.41. The van der Waals surface area contributed by atoms with Crippen molar-refractivity contribution >= 4 is 28.3 Å². The zero-order valence-corrected chi connectivity index (χ0v) is 15.4. The van der Waals surface area contributed by atoms with Crippen LogP contribution in [-0.4, -0.2) is 39.4 Å². The summed E-state index contributed by atoms with van der Waals surface area (Å²) in [6.07, 6.45) is 3.50. The van der Waals surface area contributed by atoms with Crippen molar-refractivity contribution in [2.45, 2.75) is 52.0 Å². The summed E-state index contributed by atoms with van der Waals surface area (Å²) in [4.78, 5) is 31.0. The molecule has 0 radical (unpaired) electrons. The fourth-order valence-corrected chi connectivity index (χ4v) is 4.02. The highest BCUT2D eigenvalue weighted by Crippen LogP contribution is 2.28. The van der Waals surface area contributed by atoms with Crippen LogP contribution in [0.25, 0.3) is 0 Å². The van der Waals surface area contributed by atoms with E-state index in [0.717, 1.165) is 23.4 Å². The molecule has 8 heteroatoms. The number of thiazole rings is 1. The van der Waals surface area contributed by atoms with Crippen LogP contribution in [0.3, 0.4) is 0 Å². The lowest BCUT2D eigenvalue weighted by atomic mass is 9.95. The van der Waals surface area contributed by atoms with E-state index in [1.807, 2.05) is 20.8 Å². The van der Waals surface area contributed by atoms with Crippen molar-refractivity contribution in [2.75, 3.05) is 11.9 Å². The minimum atomic E-state index is -0.423. The lowest BCUT2D eigenvalue weighted by Crippen LogP contribution is -2.43. The van der Waals surface area contributed by atoms with Crippen LogP contribution in [0.15, 0.2) is 16.1 Å². The molecule has 0 aliphatic carbocycles. The number of likely N-dealkylation sites (tertiary alicyclic amines) is 1. The number of hydrogen-bond acceptors (Lipinski definition) is 6. The van der Waals surface area contributed by atoms with Crippen LogP contribution in [0.2, 0.25) is 0 Å². The summed E-state index contributed by atoms with van der Waals surface area (Å²) >= 11 is 1.37. The third-order valence-corrected chi connectivity index (χ3v) is 5.29. The monoisotopic (exact) mass is 362 g/mol. The molecule has 0 aromatic carbocycles. The van der Waals surface area contributed by atoms with Crippen LogP contribution < -0.4 is 5.32 Å². The van der Waals surface area contributed by atoms with Gasteiger partial charge in [-0.3, -0.25) is 9.59 Å². The first-order valence-corrected chi connectivity index (χ1v) is 9.28. The molecular weight excluding hydrogens is 340 g/mol. The average Bonchev–Trinajstić information content (AvgIpc) is 3.28. The SMILES string of the molecule is Cc1noc(C)c1C(C)CC(=O)N1CCCC1C(=O)Nc1nccs1. The molecule has 1 saturated heterocycles. The van der Waals surface area contributed by atoms with Crippen molar-refractivity contribution in [3.63, 3.8) is 0 Å². The molecule has 0 bridgehead atoms. The number of rotatable bonds is 5. The van der Waals surface area contributed by atoms with Gasteiger partial charge in [0.1, 0.15) is 11.8 Å². The summed E-state index contributed by atoms with van der Waals surface area (Å²) < 4.78 is 5.20. The maximum atomic E-state index is 12.8. The van der Waals surface area contributed by atoms with Gasteiger partial charge < -0.3 is 14.7 Å². The van der Waals surface area contributed by atoms with Crippen LogP contribution in [0.4, 0.5) is 5.13 Å². The third-order valence-electron chi connectivity index (χ3n) is 4.60. The summed E-state index contributed by atoms with van der Waals surface area (Å²) in [6.45, 7) is 6.34. The molecule has 1 aliphatic heterocycles. The first-order chi connectivity index (χ1) is 12.0. The van der Waals surface area contributed by atoms with E-state index >= 15 is 0 Å². The molecule has 0 saturated carbocycles. The van der Waals surface area contributed by atoms with Gasteiger partial charge in [-0.1, -0.05) is 12.1 Å². The lowest BCUT2D eigenvalue weighted by Gasteiger charge is -2.25. The van der Waals surface area contributed by atoms with E-state index in [1.54, 1.807) is 16.5 Å². The fraction of sp³-hybridized carbons (Fsp3) is 0.529. The number of carbonyl (C=O) groups excluding carboxylic acids is 2. The van der Waals surface area contributed by atoms with Gasteiger partial charge in [0.25, 0.3) is 0 Å². The van der Waals surface area contributed by atoms with E-state index in [0.29, 0.717) is 24.5 Å². The van der Waals surface area contributed by atoms with E-state index in [1.165, 1.54) is 11.3 Å². The van der Waals surface area contributed by atoms with Crippen LogP contribution in [0.5, 0.6) is 0 Å². The number of aryl methyl sites for hydroxylation is 2. The van der Waals surface area contributed by atoms with Crippen molar-refractivity contribution in [1.29, 1.82) is 0 Å². The number of amides is 2. The Balaban J connectivity index is 1.65. The molecular formula is C17H22N4O3S. The zero-order valence-electron chi connectivity index (χ0n) is 14.6. The second-order valence-corrected chi connectivity index (χ2v) is 7.31. The molecule has 1 aliphatic rings. The zero-order chi connectivity index (χ0) is 18.0. The number of nitrogens with zero attached hydrogens (tertiary/aromatic N) is 3. The van der Waals surface area contributed by atoms with Crippen LogP contribution in [0, 0.1) is 13.8 Å². The summed E-state index contributed by atoms with van der Waals surface area (Å²) in [5.41, 5.74) is 1.80. The first-order valence-electron chi connectivity index (χ1n) is 8.40. The Morgan fingerprint density at radius 3 is 2.92 bits per heavy atom. The Morgan fingerprint density at radius 1 is 1.48 bits per heavy atom. The Labute approximate surface area is 150 Å². The van der Waals surface area contributed by atoms with E-state index in [9.17, 15) is 9.59 Å². The number of aromatic nitrogens is 2. The molecule has 2 amide bonds. The standard InChI is InChI=1S/C17H22N4O3S/c1-10(15-11(2)20-24-12(15)3)9-14(22)21-7-4-5-13(21)16(23)19-17-18-6-8-25-17/h6,8,10,13H,4-5,7,9H2,1-3H3,(H,18,19,23). The molecule has 7 nitrogen and oxygen atoms in total. The number of hydrogen-bond donors (Lipinski definition) is 1. The summed E-state index contributed by atoms with van der Waals surface area (Å²) in [6, 6.07) is -0.423. The Morgan fingerprint density at radius 2 is 2.28 bits per heavy atom. The Bertz CT molecular complexity index is 737. The van der Waals surface area contributed by atoms with Crippen LogP contribution in [0.1, 0.15) is 49.1 Å². The molecule has 3 heterocycles. The Hall–Kier alpha value is -2.22. The molecule has 1 fully saturated rings. The minimum absolute atomic E-state index is 0.00187. The van der Waals surface area contributed by atoms with Gasteiger partial charge in [-0.05, 0) is 32.6 Å². The van der Waals surface area contributed by atoms with E-state index in [2.05, 4.69) is 15.5 Å². The summed E-state index contributed by atoms with van der Waals surface area (Å²) in [5, 5.41) is 9.12. The minimum Gasteiger partial charge on any atom is -0.361 e. The molecule has 134 valence electrons. The van der Waals surface area contributed by atoms with Crippen LogP contribution in [-0.2, 0) is 9.59 Å². The highest BCUT2D eigenvalue weighted by Gasteiger charge is 2.35. The topological polar surface area (TPSA) is 88.3 Å². The number of nitrogens with one attached hydrogen (secondary N) is 1. The van der Waals surface area contributed by atoms with Crippen molar-refractivity contribution < 1.29 is 14.1 Å². The van der Waals surface area contributed by atoms with E-state index < -0.39 is 6.04 Å². The van der Waals surface area contributed by atoms with Gasteiger partial charge in [-0.25, -0.2) is 4.98 Å². The van der Waals surface area contributed by atoms with E-state index in [4.69, 9.17) is 4.52 Å². The first kappa shape index (κ1) is 17.6. The third kappa shape index (κ3) is 3.73. The van der Waals surface area contributed by atoms with Gasteiger partial charge in [-0.2, -0.15) is 0 Å². The summed E-state index contributed by atoms with van der Waals surface area (Å²) in [7, 11) is 0. The number of anilines is 1. The van der Waals surface area contributed by atoms with Gasteiger partial charge in [0.15, 0.2) is 5.13 Å². The molecule has 0 spiro atoms. The van der Waals surface area contributed by atoms with Crippen molar-refractivity contribution in [1.82, 2.24) is 15.0 Å². The normalized spacial score (nSPS) is 18.4. The quantitative estimate of drug-likeness (QED) is 0.883. The van der Waals surface area contributed by atoms with Gasteiger partial charge in [0.2, 0.25) is 11.8 Å². The Kier molecular flexibility index (Phi) is 5.17. The molecule has 2 aromatic heterocycles. The largest absolute Gasteiger partial charge is 0.361 e. The average molecular weight is 362 g/mol. The molecule has 2 atom stereocenters. The maximum Gasteiger partial charge on any atom is 0.248 e. The van der Waals surface area contributed by atoms with Gasteiger partial charge in [0.05, 0.1) is 5.69 Å². The van der Waals surface area contributed by atoms with Gasteiger partial charge >= 0.3 is 0 Å². The molecule has 1 N–H and O–H groups in total. The second kappa shape index (κ2) is 7.35. The smallest absolute Gasteiger partial charge is 0.248 e. The van der Waals surface area contributed by atoms with E-state index in [-0.39, 0.29) is 17.7 Å².